The van der Waals surface area contributed by atoms with Crippen LogP contribution in [0.3, 0.4) is 0 Å². The molecule has 0 spiro atoms. The number of rotatable bonds is 6. The Bertz CT molecular complexity index is 540. The summed E-state index contributed by atoms with van der Waals surface area (Å²) in [6.07, 6.45) is 2.83. The molecule has 0 aromatic heterocycles. The van der Waals surface area contributed by atoms with E-state index in [1.807, 2.05) is 0 Å². The normalized spacial score (nSPS) is 24.2. The van der Waals surface area contributed by atoms with Crippen molar-refractivity contribution in [2.24, 2.45) is 11.8 Å². The zero-order valence-electron chi connectivity index (χ0n) is 13.6. The van der Waals surface area contributed by atoms with Gasteiger partial charge in [0, 0.05) is 18.1 Å². The van der Waals surface area contributed by atoms with Crippen LogP contribution in [-0.4, -0.2) is 37.5 Å². The molecule has 0 bridgehead atoms. The highest BCUT2D eigenvalue weighted by molar-refractivity contribution is 6.20. The minimum absolute atomic E-state index is 0.0223. The monoisotopic (exact) mass is 338 g/mol. The van der Waals surface area contributed by atoms with Crippen molar-refractivity contribution in [3.8, 4) is 0 Å². The molecule has 4 nitrogen and oxygen atoms in total. The van der Waals surface area contributed by atoms with Crippen LogP contribution in [0.5, 0.6) is 0 Å². The molecule has 126 valence electrons. The quantitative estimate of drug-likeness (QED) is 0.450. The van der Waals surface area contributed by atoms with Gasteiger partial charge < -0.3 is 9.47 Å². The molecule has 3 atom stereocenters. The fourth-order valence-corrected chi connectivity index (χ4v) is 3.38. The number of hydrogen-bond donors (Lipinski definition) is 0. The van der Waals surface area contributed by atoms with Crippen molar-refractivity contribution in [3.05, 3.63) is 35.4 Å². The van der Waals surface area contributed by atoms with Gasteiger partial charge in [0.05, 0.1) is 18.8 Å². The summed E-state index contributed by atoms with van der Waals surface area (Å²) in [5.41, 5.74) is 1.05. The molecular formula is C18H23ClO4. The number of ether oxygens (including phenoxy) is 2. The second-order valence-electron chi connectivity index (χ2n) is 6.14. The number of Topliss-reactive ketones (excluding diaryl/α,β-unsaturated/α-hetero) is 1. The summed E-state index contributed by atoms with van der Waals surface area (Å²) in [5, 5.41) is 0.0715. The Hall–Kier alpha value is -1.39. The third-order valence-electron chi connectivity index (χ3n) is 4.37. The van der Waals surface area contributed by atoms with Gasteiger partial charge in [-0.3, -0.25) is 4.79 Å². The molecule has 0 heterocycles. The van der Waals surface area contributed by atoms with Gasteiger partial charge in [0.25, 0.3) is 0 Å². The smallest absolute Gasteiger partial charge is 0.338 e. The Morgan fingerprint density at radius 2 is 1.78 bits per heavy atom. The summed E-state index contributed by atoms with van der Waals surface area (Å²) in [6, 6.07) is 6.53. The van der Waals surface area contributed by atoms with Gasteiger partial charge >= 0.3 is 5.97 Å². The molecule has 0 radical (unpaired) electrons. The summed E-state index contributed by atoms with van der Waals surface area (Å²) in [4.78, 5) is 23.3. The highest BCUT2D eigenvalue weighted by Crippen LogP contribution is 2.33. The third-order valence-corrected chi connectivity index (χ3v) is 4.91. The Labute approximate surface area is 142 Å². The molecule has 1 aromatic carbocycles. The molecule has 0 aliphatic heterocycles. The first-order valence-electron chi connectivity index (χ1n) is 7.92. The van der Waals surface area contributed by atoms with E-state index < -0.39 is 0 Å². The number of carbonyl (C=O) groups excluding carboxylic acids is 2. The molecule has 23 heavy (non-hydrogen) atoms. The van der Waals surface area contributed by atoms with Crippen LogP contribution in [0.25, 0.3) is 0 Å². The van der Waals surface area contributed by atoms with E-state index in [2.05, 4.69) is 0 Å². The molecule has 1 aromatic rings. The second kappa shape index (κ2) is 8.46. The van der Waals surface area contributed by atoms with Crippen LogP contribution in [0.15, 0.2) is 24.3 Å². The minimum atomic E-state index is -0.356. The molecule has 5 heteroatoms. The standard InChI is InChI=1S/C18H23ClO4/c1-12(20)14-5-7-15(8-6-14)18(21)23-10-13-3-4-16(11-22-2)17(19)9-13/h5-8,13,16-17H,3-4,9-11H2,1-2H3. The van der Waals surface area contributed by atoms with Crippen molar-refractivity contribution in [1.29, 1.82) is 0 Å². The highest BCUT2D eigenvalue weighted by atomic mass is 35.5. The molecular weight excluding hydrogens is 316 g/mol. The maximum absolute atomic E-state index is 12.1. The van der Waals surface area contributed by atoms with E-state index in [9.17, 15) is 9.59 Å². The first-order valence-corrected chi connectivity index (χ1v) is 8.36. The molecule has 2 rings (SSSR count). The van der Waals surface area contributed by atoms with Gasteiger partial charge in [-0.05, 0) is 50.2 Å². The lowest BCUT2D eigenvalue weighted by atomic mass is 9.82. The topological polar surface area (TPSA) is 52.6 Å². The predicted molar refractivity (Wildman–Crippen MR) is 89.1 cm³/mol. The molecule has 3 unspecified atom stereocenters. The molecule has 1 fully saturated rings. The highest BCUT2D eigenvalue weighted by Gasteiger charge is 2.29. The lowest BCUT2D eigenvalue weighted by Crippen LogP contribution is -2.31. The first-order chi connectivity index (χ1) is 11.0. The van der Waals surface area contributed by atoms with Gasteiger partial charge in [-0.2, -0.15) is 0 Å². The van der Waals surface area contributed by atoms with E-state index in [4.69, 9.17) is 21.1 Å². The van der Waals surface area contributed by atoms with Gasteiger partial charge in [0.1, 0.15) is 0 Å². The Morgan fingerprint density at radius 1 is 1.13 bits per heavy atom. The first kappa shape index (κ1) is 18.0. The minimum Gasteiger partial charge on any atom is -0.462 e. The van der Waals surface area contributed by atoms with E-state index in [0.29, 0.717) is 36.2 Å². The number of ketones is 1. The number of hydrogen-bond acceptors (Lipinski definition) is 4. The van der Waals surface area contributed by atoms with Crippen molar-refractivity contribution < 1.29 is 19.1 Å². The number of esters is 1. The number of benzene rings is 1. The fourth-order valence-electron chi connectivity index (χ4n) is 2.93. The van der Waals surface area contributed by atoms with Gasteiger partial charge in [0.15, 0.2) is 5.78 Å². The average Bonchev–Trinajstić information content (AvgIpc) is 2.55. The summed E-state index contributed by atoms with van der Waals surface area (Å²) >= 11 is 6.38. The van der Waals surface area contributed by atoms with Crippen LogP contribution in [-0.2, 0) is 9.47 Å². The molecule has 0 N–H and O–H groups in total. The van der Waals surface area contributed by atoms with Gasteiger partial charge in [-0.15, -0.1) is 11.6 Å². The summed E-state index contributed by atoms with van der Waals surface area (Å²) in [7, 11) is 1.69. The zero-order valence-corrected chi connectivity index (χ0v) is 14.3. The van der Waals surface area contributed by atoms with E-state index >= 15 is 0 Å². The van der Waals surface area contributed by atoms with Crippen LogP contribution in [0.4, 0.5) is 0 Å². The van der Waals surface area contributed by atoms with Crippen molar-refractivity contribution in [1.82, 2.24) is 0 Å². The SMILES string of the molecule is COCC1CCC(COC(=O)c2ccc(C(C)=O)cc2)CC1Cl. The van der Waals surface area contributed by atoms with Crippen LogP contribution in [0, 0.1) is 11.8 Å². The zero-order chi connectivity index (χ0) is 16.8. The van der Waals surface area contributed by atoms with E-state index in [0.717, 1.165) is 19.3 Å². The number of halogens is 1. The van der Waals surface area contributed by atoms with E-state index in [-0.39, 0.29) is 17.1 Å². The molecule has 1 aliphatic carbocycles. The van der Waals surface area contributed by atoms with Crippen molar-refractivity contribution >= 4 is 23.4 Å². The van der Waals surface area contributed by atoms with Crippen LogP contribution in [0.1, 0.15) is 46.9 Å². The Morgan fingerprint density at radius 3 is 2.35 bits per heavy atom. The van der Waals surface area contributed by atoms with Crippen LogP contribution >= 0.6 is 11.6 Å². The maximum atomic E-state index is 12.1. The number of methoxy groups -OCH3 is 1. The fraction of sp³-hybridized carbons (Fsp3) is 0.556. The van der Waals surface area contributed by atoms with Gasteiger partial charge in [-0.1, -0.05) is 12.1 Å². The van der Waals surface area contributed by atoms with Crippen LogP contribution in [0.2, 0.25) is 0 Å². The van der Waals surface area contributed by atoms with Crippen molar-refractivity contribution in [2.75, 3.05) is 20.3 Å². The van der Waals surface area contributed by atoms with Gasteiger partial charge in [-0.25, -0.2) is 4.79 Å². The summed E-state index contributed by atoms with van der Waals surface area (Å²) in [6.45, 7) is 2.56. The van der Waals surface area contributed by atoms with Crippen LogP contribution < -0.4 is 0 Å². The molecule has 1 aliphatic rings. The Balaban J connectivity index is 1.81. The average molecular weight is 339 g/mol. The van der Waals surface area contributed by atoms with E-state index in [1.54, 1.807) is 31.4 Å². The van der Waals surface area contributed by atoms with Gasteiger partial charge in [0.2, 0.25) is 0 Å². The lowest BCUT2D eigenvalue weighted by Gasteiger charge is -2.32. The summed E-state index contributed by atoms with van der Waals surface area (Å²) < 4.78 is 10.6. The molecule has 1 saturated carbocycles. The summed E-state index contributed by atoms with van der Waals surface area (Å²) in [5.74, 6) is 0.301. The third kappa shape index (κ3) is 5.05. The molecule has 0 amide bonds. The maximum Gasteiger partial charge on any atom is 0.338 e. The van der Waals surface area contributed by atoms with Crippen molar-refractivity contribution in [3.63, 3.8) is 0 Å². The lowest BCUT2D eigenvalue weighted by molar-refractivity contribution is 0.0372. The largest absolute Gasteiger partial charge is 0.462 e. The Kier molecular flexibility index (Phi) is 6.60. The van der Waals surface area contributed by atoms with Crippen molar-refractivity contribution in [2.45, 2.75) is 31.6 Å². The predicted octanol–water partition coefficient (Wildman–Crippen LogP) is 3.72. The molecule has 0 saturated heterocycles. The van der Waals surface area contributed by atoms with E-state index in [1.165, 1.54) is 6.92 Å². The second-order valence-corrected chi connectivity index (χ2v) is 6.70. The number of carbonyl (C=O) groups is 2. The number of alkyl halides is 1.